The van der Waals surface area contributed by atoms with Crippen LogP contribution in [0.1, 0.15) is 11.3 Å². The van der Waals surface area contributed by atoms with Crippen LogP contribution >= 0.6 is 0 Å². The van der Waals surface area contributed by atoms with E-state index in [4.69, 9.17) is 15.1 Å². The summed E-state index contributed by atoms with van der Waals surface area (Å²) in [7, 11) is 0. The van der Waals surface area contributed by atoms with Crippen molar-refractivity contribution in [2.75, 3.05) is 6.61 Å². The Morgan fingerprint density at radius 1 is 0.917 bits per heavy atom. The van der Waals surface area contributed by atoms with Gasteiger partial charge in [0.2, 0.25) is 0 Å². The lowest BCUT2D eigenvalue weighted by Gasteiger charge is -2.07. The van der Waals surface area contributed by atoms with E-state index in [1.807, 2.05) is 42.5 Å². The second kappa shape index (κ2) is 7.40. The molecule has 0 atom stereocenters. The first-order chi connectivity index (χ1) is 11.8. The summed E-state index contributed by atoms with van der Waals surface area (Å²) >= 11 is 0. The van der Waals surface area contributed by atoms with Crippen molar-refractivity contribution in [2.45, 2.75) is 6.42 Å². The van der Waals surface area contributed by atoms with E-state index >= 15 is 0 Å². The molecule has 0 saturated carbocycles. The van der Waals surface area contributed by atoms with Crippen LogP contribution in [0.2, 0.25) is 0 Å². The Kier molecular flexibility index (Phi) is 4.85. The normalized spacial score (nSPS) is 10.2. The minimum Gasteiger partial charge on any atom is -0.457 e. The van der Waals surface area contributed by atoms with Crippen LogP contribution in [0.4, 0.5) is 0 Å². The molecule has 0 amide bonds. The van der Waals surface area contributed by atoms with Gasteiger partial charge in [-0.25, -0.2) is 0 Å². The Balaban J connectivity index is 1.75. The number of aliphatic hydroxyl groups excluding tert-OH is 1. The molecule has 1 N–H and O–H groups in total. The largest absolute Gasteiger partial charge is 0.457 e. The van der Waals surface area contributed by atoms with Crippen molar-refractivity contribution in [3.8, 4) is 28.8 Å². The minimum absolute atomic E-state index is 0.0911. The third-order valence-electron chi connectivity index (χ3n) is 3.54. The predicted molar refractivity (Wildman–Crippen MR) is 91.7 cm³/mol. The van der Waals surface area contributed by atoms with Crippen LogP contribution in [-0.4, -0.2) is 16.7 Å². The summed E-state index contributed by atoms with van der Waals surface area (Å²) in [4.78, 5) is 4.53. The van der Waals surface area contributed by atoms with Gasteiger partial charge in [-0.1, -0.05) is 6.07 Å². The number of pyridine rings is 1. The molecule has 0 aliphatic heterocycles. The van der Waals surface area contributed by atoms with Gasteiger partial charge in [-0.05, 0) is 60.7 Å². The fraction of sp³-hybridized carbons (Fsp3) is 0.100. The molecule has 0 aliphatic carbocycles. The monoisotopic (exact) mass is 316 g/mol. The molecule has 118 valence electrons. The number of rotatable bonds is 5. The molecular weight excluding hydrogens is 300 g/mol. The number of nitriles is 1. The SMILES string of the molecule is N#Cc1ccc(Oc2ccc(-c3cccc(CCO)n3)cc2)cc1. The maximum atomic E-state index is 9.02. The van der Waals surface area contributed by atoms with Gasteiger partial charge < -0.3 is 9.84 Å². The predicted octanol–water partition coefficient (Wildman–Crippen LogP) is 3.95. The van der Waals surface area contributed by atoms with E-state index in [0.29, 0.717) is 17.7 Å². The summed E-state index contributed by atoms with van der Waals surface area (Å²) in [5.74, 6) is 1.40. The molecule has 0 unspecified atom stereocenters. The van der Waals surface area contributed by atoms with Crippen molar-refractivity contribution in [2.24, 2.45) is 0 Å². The van der Waals surface area contributed by atoms with Crippen LogP contribution in [0.25, 0.3) is 11.3 Å². The van der Waals surface area contributed by atoms with E-state index in [2.05, 4.69) is 11.1 Å². The molecule has 4 heteroatoms. The molecule has 0 radical (unpaired) electrons. The Hall–Kier alpha value is -3.16. The lowest BCUT2D eigenvalue weighted by molar-refractivity contribution is 0.298. The fourth-order valence-electron chi connectivity index (χ4n) is 2.32. The zero-order valence-corrected chi connectivity index (χ0v) is 13.0. The number of nitrogens with zero attached hydrogens (tertiary/aromatic N) is 2. The van der Waals surface area contributed by atoms with Crippen LogP contribution in [0.15, 0.2) is 66.7 Å². The summed E-state index contributed by atoms with van der Waals surface area (Å²) in [5.41, 5.74) is 3.33. The molecular formula is C20H16N2O2. The van der Waals surface area contributed by atoms with Crippen molar-refractivity contribution < 1.29 is 9.84 Å². The maximum absolute atomic E-state index is 9.02. The average Bonchev–Trinajstić information content (AvgIpc) is 2.63. The summed E-state index contributed by atoms with van der Waals surface area (Å²) in [6.07, 6.45) is 0.549. The van der Waals surface area contributed by atoms with Gasteiger partial charge in [0, 0.05) is 24.3 Å². The number of aliphatic hydroxyl groups is 1. The molecule has 24 heavy (non-hydrogen) atoms. The highest BCUT2D eigenvalue weighted by Gasteiger charge is 2.03. The Morgan fingerprint density at radius 2 is 1.58 bits per heavy atom. The van der Waals surface area contributed by atoms with Gasteiger partial charge >= 0.3 is 0 Å². The molecule has 0 saturated heterocycles. The summed E-state index contributed by atoms with van der Waals surface area (Å²) < 4.78 is 5.77. The van der Waals surface area contributed by atoms with E-state index in [1.165, 1.54) is 0 Å². The third kappa shape index (κ3) is 3.78. The summed E-state index contributed by atoms with van der Waals surface area (Å²) in [6.45, 7) is 0.0911. The molecule has 1 aromatic heterocycles. The van der Waals surface area contributed by atoms with Crippen LogP contribution in [0.5, 0.6) is 11.5 Å². The second-order valence-electron chi connectivity index (χ2n) is 5.25. The molecule has 3 aromatic rings. The van der Waals surface area contributed by atoms with E-state index in [0.717, 1.165) is 22.7 Å². The van der Waals surface area contributed by atoms with Crippen LogP contribution in [-0.2, 0) is 6.42 Å². The number of hydrogen-bond donors (Lipinski definition) is 1. The average molecular weight is 316 g/mol. The van der Waals surface area contributed by atoms with E-state index in [9.17, 15) is 0 Å². The molecule has 0 aliphatic rings. The van der Waals surface area contributed by atoms with Gasteiger partial charge in [0.25, 0.3) is 0 Å². The fourth-order valence-corrected chi connectivity index (χ4v) is 2.32. The lowest BCUT2D eigenvalue weighted by atomic mass is 10.1. The van der Waals surface area contributed by atoms with Crippen LogP contribution in [0.3, 0.4) is 0 Å². The van der Waals surface area contributed by atoms with Gasteiger partial charge in [-0.3, -0.25) is 4.98 Å². The van der Waals surface area contributed by atoms with Crippen LogP contribution in [0, 0.1) is 11.3 Å². The highest BCUT2D eigenvalue weighted by molar-refractivity contribution is 5.60. The first-order valence-electron chi connectivity index (χ1n) is 7.64. The van der Waals surface area contributed by atoms with Gasteiger partial charge in [0.05, 0.1) is 17.3 Å². The second-order valence-corrected chi connectivity index (χ2v) is 5.25. The van der Waals surface area contributed by atoms with E-state index in [-0.39, 0.29) is 6.61 Å². The molecule has 2 aromatic carbocycles. The zero-order chi connectivity index (χ0) is 16.8. The van der Waals surface area contributed by atoms with Gasteiger partial charge in [0.1, 0.15) is 11.5 Å². The van der Waals surface area contributed by atoms with Gasteiger partial charge in [0.15, 0.2) is 0 Å². The number of hydrogen-bond acceptors (Lipinski definition) is 4. The van der Waals surface area contributed by atoms with Gasteiger partial charge in [-0.15, -0.1) is 0 Å². The Bertz CT molecular complexity index is 850. The van der Waals surface area contributed by atoms with Crippen molar-refractivity contribution in [1.29, 1.82) is 5.26 Å². The quantitative estimate of drug-likeness (QED) is 0.774. The summed E-state index contributed by atoms with van der Waals surface area (Å²) in [5, 5.41) is 17.8. The first kappa shape index (κ1) is 15.7. The number of aromatic nitrogens is 1. The zero-order valence-electron chi connectivity index (χ0n) is 13.0. The molecule has 0 fully saturated rings. The maximum Gasteiger partial charge on any atom is 0.127 e. The molecule has 3 rings (SSSR count). The van der Waals surface area contributed by atoms with Crippen LogP contribution < -0.4 is 4.74 Å². The Morgan fingerprint density at radius 3 is 2.21 bits per heavy atom. The van der Waals surface area contributed by atoms with Crippen molar-refractivity contribution in [3.63, 3.8) is 0 Å². The lowest BCUT2D eigenvalue weighted by Crippen LogP contribution is -1.95. The highest BCUT2D eigenvalue weighted by atomic mass is 16.5. The summed E-state index contributed by atoms with van der Waals surface area (Å²) in [6, 6.07) is 22.5. The van der Waals surface area contributed by atoms with E-state index in [1.54, 1.807) is 24.3 Å². The van der Waals surface area contributed by atoms with E-state index < -0.39 is 0 Å². The number of benzene rings is 2. The van der Waals surface area contributed by atoms with Gasteiger partial charge in [-0.2, -0.15) is 5.26 Å². The standard InChI is InChI=1S/C20H16N2O2/c21-14-15-4-8-18(9-5-15)24-19-10-6-16(7-11-19)20-3-1-2-17(22-20)12-13-23/h1-11,23H,12-13H2. The molecule has 4 nitrogen and oxygen atoms in total. The molecule has 1 heterocycles. The number of ether oxygens (including phenoxy) is 1. The molecule has 0 spiro atoms. The minimum atomic E-state index is 0.0911. The highest BCUT2D eigenvalue weighted by Crippen LogP contribution is 2.25. The molecule has 0 bridgehead atoms. The van der Waals surface area contributed by atoms with Crippen molar-refractivity contribution >= 4 is 0 Å². The topological polar surface area (TPSA) is 66.1 Å². The van der Waals surface area contributed by atoms with Crippen molar-refractivity contribution in [3.05, 3.63) is 78.0 Å². The smallest absolute Gasteiger partial charge is 0.127 e. The van der Waals surface area contributed by atoms with Crippen molar-refractivity contribution in [1.82, 2.24) is 4.98 Å². The first-order valence-corrected chi connectivity index (χ1v) is 7.64. The third-order valence-corrected chi connectivity index (χ3v) is 3.54. The Labute approximate surface area is 140 Å².